The predicted octanol–water partition coefficient (Wildman–Crippen LogP) is 0.412. The molecule has 1 N–H and O–H groups in total. The van der Waals surface area contributed by atoms with Gasteiger partial charge in [0, 0.05) is 13.1 Å². The van der Waals surface area contributed by atoms with Gasteiger partial charge in [-0.25, -0.2) is 0 Å². The lowest BCUT2D eigenvalue weighted by Gasteiger charge is -2.21. The van der Waals surface area contributed by atoms with Gasteiger partial charge in [-0.15, -0.1) is 0 Å². The van der Waals surface area contributed by atoms with Crippen molar-refractivity contribution in [2.24, 2.45) is 11.8 Å². The molecular formula is C16H18N2O4. The van der Waals surface area contributed by atoms with Crippen molar-refractivity contribution in [1.29, 1.82) is 0 Å². The number of rotatable bonds is 2. The van der Waals surface area contributed by atoms with E-state index >= 15 is 0 Å². The Bertz CT molecular complexity index is 657. The summed E-state index contributed by atoms with van der Waals surface area (Å²) in [6.07, 6.45) is 0. The van der Waals surface area contributed by atoms with Crippen molar-refractivity contribution in [1.82, 2.24) is 10.2 Å². The molecule has 0 saturated carbocycles. The average molecular weight is 302 g/mol. The second-order valence-corrected chi connectivity index (χ2v) is 5.79. The topological polar surface area (TPSA) is 75.7 Å². The molecule has 2 fully saturated rings. The van der Waals surface area contributed by atoms with Gasteiger partial charge < -0.3 is 4.74 Å². The maximum atomic E-state index is 12.5. The lowest BCUT2D eigenvalue weighted by atomic mass is 9.85. The summed E-state index contributed by atoms with van der Waals surface area (Å²) < 4.78 is 4.79. The second-order valence-electron chi connectivity index (χ2n) is 5.79. The van der Waals surface area contributed by atoms with Crippen molar-refractivity contribution in [2.75, 3.05) is 14.2 Å². The van der Waals surface area contributed by atoms with E-state index in [4.69, 9.17) is 4.74 Å². The standard InChI is InChI=1S/C16H18N2O4/c1-8-6-4-5-7-9(8)12-10-11(13(17-12)16(21)22-3)15(20)18(2)14(10)19/h4-7,10-13,17H,1-3H3/t10-,11+,12-,13-/m0/s1. The normalized spacial score (nSPS) is 30.6. The zero-order chi connectivity index (χ0) is 16.0. The molecule has 0 radical (unpaired) electrons. The Kier molecular flexibility index (Phi) is 3.48. The van der Waals surface area contributed by atoms with E-state index in [-0.39, 0.29) is 17.9 Å². The van der Waals surface area contributed by atoms with Crippen molar-refractivity contribution in [3.63, 3.8) is 0 Å². The van der Waals surface area contributed by atoms with Crippen LogP contribution in [0.25, 0.3) is 0 Å². The molecule has 4 atom stereocenters. The van der Waals surface area contributed by atoms with E-state index in [1.165, 1.54) is 14.2 Å². The summed E-state index contributed by atoms with van der Waals surface area (Å²) in [6, 6.07) is 6.51. The third-order valence-corrected chi connectivity index (χ3v) is 4.67. The molecule has 0 aromatic heterocycles. The summed E-state index contributed by atoms with van der Waals surface area (Å²) in [5, 5.41) is 3.14. The molecule has 6 heteroatoms. The molecule has 6 nitrogen and oxygen atoms in total. The Labute approximate surface area is 128 Å². The fraction of sp³-hybridized carbons (Fsp3) is 0.438. The Hall–Kier alpha value is -2.21. The van der Waals surface area contributed by atoms with Gasteiger partial charge in [-0.3, -0.25) is 24.6 Å². The monoisotopic (exact) mass is 302 g/mol. The van der Waals surface area contributed by atoms with Gasteiger partial charge in [0.2, 0.25) is 11.8 Å². The molecule has 2 aliphatic heterocycles. The van der Waals surface area contributed by atoms with E-state index in [0.717, 1.165) is 16.0 Å². The van der Waals surface area contributed by atoms with E-state index in [2.05, 4.69) is 5.32 Å². The minimum absolute atomic E-state index is 0.248. The molecule has 2 amide bonds. The van der Waals surface area contributed by atoms with E-state index in [1.807, 2.05) is 31.2 Å². The molecule has 0 bridgehead atoms. The summed E-state index contributed by atoms with van der Waals surface area (Å²) >= 11 is 0. The number of hydrogen-bond donors (Lipinski definition) is 1. The zero-order valence-electron chi connectivity index (χ0n) is 12.7. The number of carbonyl (C=O) groups excluding carboxylic acids is 3. The number of aryl methyl sites for hydroxylation is 1. The summed E-state index contributed by atoms with van der Waals surface area (Å²) in [5.74, 6) is -2.35. The van der Waals surface area contributed by atoms with Crippen molar-refractivity contribution in [2.45, 2.75) is 19.0 Å². The molecule has 2 heterocycles. The van der Waals surface area contributed by atoms with E-state index < -0.39 is 23.8 Å². The first-order valence-electron chi connectivity index (χ1n) is 7.18. The fourth-order valence-corrected chi connectivity index (χ4v) is 3.52. The van der Waals surface area contributed by atoms with Crippen LogP contribution in [0.15, 0.2) is 24.3 Å². The first kappa shape index (κ1) is 14.7. The quantitative estimate of drug-likeness (QED) is 0.633. The highest BCUT2D eigenvalue weighted by Crippen LogP contribution is 2.44. The Balaban J connectivity index is 2.06. The number of hydrogen-bond acceptors (Lipinski definition) is 5. The van der Waals surface area contributed by atoms with Crippen LogP contribution in [0.1, 0.15) is 17.2 Å². The molecule has 22 heavy (non-hydrogen) atoms. The van der Waals surface area contributed by atoms with Gasteiger partial charge in [-0.05, 0) is 18.1 Å². The Morgan fingerprint density at radius 1 is 1.18 bits per heavy atom. The minimum atomic E-state index is -0.791. The van der Waals surface area contributed by atoms with Crippen molar-refractivity contribution < 1.29 is 19.1 Å². The second kappa shape index (κ2) is 5.21. The third-order valence-electron chi connectivity index (χ3n) is 4.67. The summed E-state index contributed by atoms with van der Waals surface area (Å²) in [4.78, 5) is 37.9. The van der Waals surface area contributed by atoms with Crippen molar-refractivity contribution >= 4 is 17.8 Å². The Morgan fingerprint density at radius 2 is 1.82 bits per heavy atom. The summed E-state index contributed by atoms with van der Waals surface area (Å²) in [6.45, 7) is 1.95. The molecule has 1 aromatic rings. The van der Waals surface area contributed by atoms with E-state index in [1.54, 1.807) is 0 Å². The van der Waals surface area contributed by atoms with Gasteiger partial charge in [0.25, 0.3) is 0 Å². The van der Waals surface area contributed by atoms with E-state index in [0.29, 0.717) is 0 Å². The van der Waals surface area contributed by atoms with Gasteiger partial charge in [-0.2, -0.15) is 0 Å². The van der Waals surface area contributed by atoms with Crippen LogP contribution in [0.2, 0.25) is 0 Å². The molecular weight excluding hydrogens is 284 g/mol. The number of carbonyl (C=O) groups is 3. The Morgan fingerprint density at radius 3 is 2.45 bits per heavy atom. The van der Waals surface area contributed by atoms with Gasteiger partial charge in [-0.1, -0.05) is 24.3 Å². The number of imide groups is 1. The smallest absolute Gasteiger partial charge is 0.323 e. The number of nitrogens with zero attached hydrogens (tertiary/aromatic N) is 1. The first-order valence-corrected chi connectivity index (χ1v) is 7.18. The third kappa shape index (κ3) is 1.94. The zero-order valence-corrected chi connectivity index (χ0v) is 12.7. The van der Waals surface area contributed by atoms with Crippen LogP contribution in [0.5, 0.6) is 0 Å². The number of likely N-dealkylation sites (tertiary alicyclic amines) is 1. The number of ether oxygens (including phenoxy) is 1. The number of nitrogens with one attached hydrogen (secondary N) is 1. The SMILES string of the molecule is COC(=O)[C@H]1N[C@@H](c2ccccc2C)[C@H]2C(=O)N(C)C(=O)[C@H]21. The largest absolute Gasteiger partial charge is 0.468 e. The van der Waals surface area contributed by atoms with Gasteiger partial charge in [0.1, 0.15) is 6.04 Å². The minimum Gasteiger partial charge on any atom is -0.468 e. The maximum absolute atomic E-state index is 12.5. The first-order chi connectivity index (χ1) is 10.5. The lowest BCUT2D eigenvalue weighted by molar-refractivity contribution is -0.147. The van der Waals surface area contributed by atoms with Crippen LogP contribution >= 0.6 is 0 Å². The number of esters is 1. The van der Waals surface area contributed by atoms with Crippen LogP contribution in [0.3, 0.4) is 0 Å². The molecule has 0 unspecified atom stereocenters. The van der Waals surface area contributed by atoms with E-state index in [9.17, 15) is 14.4 Å². The van der Waals surface area contributed by atoms with Crippen LogP contribution in [0, 0.1) is 18.8 Å². The molecule has 2 saturated heterocycles. The maximum Gasteiger partial charge on any atom is 0.323 e. The number of fused-ring (bicyclic) bond motifs is 1. The van der Waals surface area contributed by atoms with Gasteiger partial charge >= 0.3 is 5.97 Å². The summed E-state index contributed by atoms with van der Waals surface area (Å²) in [5.41, 5.74) is 1.94. The average Bonchev–Trinajstić information content (AvgIpc) is 3.01. The van der Waals surface area contributed by atoms with Gasteiger partial charge in [0.15, 0.2) is 0 Å². The highest BCUT2D eigenvalue weighted by atomic mass is 16.5. The fourth-order valence-electron chi connectivity index (χ4n) is 3.52. The van der Waals surface area contributed by atoms with Crippen LogP contribution in [-0.2, 0) is 19.1 Å². The lowest BCUT2D eigenvalue weighted by Crippen LogP contribution is -2.42. The number of methoxy groups -OCH3 is 1. The predicted molar refractivity (Wildman–Crippen MR) is 77.6 cm³/mol. The van der Waals surface area contributed by atoms with Crippen LogP contribution in [-0.4, -0.2) is 42.9 Å². The summed E-state index contributed by atoms with van der Waals surface area (Å²) in [7, 11) is 2.75. The molecule has 3 rings (SSSR count). The van der Waals surface area contributed by atoms with Gasteiger partial charge in [0.05, 0.1) is 18.9 Å². The highest BCUT2D eigenvalue weighted by Gasteiger charge is 2.60. The molecule has 2 aliphatic rings. The van der Waals surface area contributed by atoms with Crippen molar-refractivity contribution in [3.05, 3.63) is 35.4 Å². The molecule has 1 aromatic carbocycles. The molecule has 0 spiro atoms. The van der Waals surface area contributed by atoms with Crippen molar-refractivity contribution in [3.8, 4) is 0 Å². The highest BCUT2D eigenvalue weighted by molar-refractivity contribution is 6.08. The molecule has 116 valence electrons. The van der Waals surface area contributed by atoms with Crippen LogP contribution in [0.4, 0.5) is 0 Å². The number of amides is 2. The van der Waals surface area contributed by atoms with Crippen LogP contribution < -0.4 is 5.32 Å². The molecule has 0 aliphatic carbocycles. The number of benzene rings is 1.